The molecule has 1 saturated carbocycles. The van der Waals surface area contributed by atoms with Gasteiger partial charge in [0.2, 0.25) is 5.91 Å². The van der Waals surface area contributed by atoms with Crippen LogP contribution in [0.3, 0.4) is 0 Å². The summed E-state index contributed by atoms with van der Waals surface area (Å²) in [5, 5.41) is 21.3. The summed E-state index contributed by atoms with van der Waals surface area (Å²) in [6.45, 7) is 1.23. The van der Waals surface area contributed by atoms with Crippen LogP contribution in [-0.2, 0) is 19.4 Å². The van der Waals surface area contributed by atoms with Crippen LogP contribution in [-0.4, -0.2) is 36.3 Å². The van der Waals surface area contributed by atoms with Crippen LogP contribution in [0.15, 0.2) is 35.2 Å². The van der Waals surface area contributed by atoms with E-state index in [9.17, 15) is 23.1 Å². The highest BCUT2D eigenvalue weighted by atomic mass is 35.5. The minimum atomic E-state index is -3.69. The van der Waals surface area contributed by atoms with E-state index in [0.29, 0.717) is 0 Å². The molecule has 0 aliphatic heterocycles. The number of amides is 1. The number of hydrogen-bond donors (Lipinski definition) is 3. The summed E-state index contributed by atoms with van der Waals surface area (Å²) in [6, 6.07) is 6.41. The number of sulfone groups is 1. The van der Waals surface area contributed by atoms with Gasteiger partial charge in [-0.15, -0.1) is 0 Å². The molecule has 0 heterocycles. The number of carboxylic acids is 1. The van der Waals surface area contributed by atoms with Gasteiger partial charge < -0.3 is 20.3 Å². The van der Waals surface area contributed by atoms with Crippen molar-refractivity contribution in [3.05, 3.63) is 40.4 Å². The highest BCUT2D eigenvalue weighted by Gasteiger charge is 2.31. The van der Waals surface area contributed by atoms with E-state index in [1.54, 1.807) is 0 Å². The zero-order valence-electron chi connectivity index (χ0n) is 16.3. The molecule has 31 heavy (non-hydrogen) atoms. The van der Waals surface area contributed by atoms with Crippen molar-refractivity contribution in [1.82, 2.24) is 0 Å². The molecule has 1 fully saturated rings. The number of carboxylic acid groups (broad SMARTS) is 1. The molecule has 0 radical (unpaired) electrons. The zero-order chi connectivity index (χ0) is 22.9. The second kappa shape index (κ2) is 8.94. The number of rotatable bonds is 8. The number of hydrogen-bond acceptors (Lipinski definition) is 6. The van der Waals surface area contributed by atoms with Crippen molar-refractivity contribution in [2.75, 3.05) is 11.1 Å². The number of halogens is 2. The highest BCUT2D eigenvalue weighted by Crippen LogP contribution is 2.41. The van der Waals surface area contributed by atoms with Crippen LogP contribution in [0.4, 0.5) is 5.69 Å². The quantitative estimate of drug-likeness (QED) is 0.472. The predicted molar refractivity (Wildman–Crippen MR) is 115 cm³/mol. The number of anilines is 1. The van der Waals surface area contributed by atoms with E-state index < -0.39 is 27.6 Å². The molecule has 0 bridgehead atoms. The van der Waals surface area contributed by atoms with E-state index in [4.69, 9.17) is 33.0 Å². The third-order valence-electron chi connectivity index (χ3n) is 4.67. The Morgan fingerprint density at radius 2 is 1.81 bits per heavy atom. The topological polar surface area (TPSA) is 130 Å². The summed E-state index contributed by atoms with van der Waals surface area (Å²) >= 11 is 12.4. The van der Waals surface area contributed by atoms with Gasteiger partial charge in [0, 0.05) is 11.8 Å². The molecule has 0 spiro atoms. The number of carbonyl (C=O) groups excluding carboxylic acids is 1. The van der Waals surface area contributed by atoms with Gasteiger partial charge >= 0.3 is 5.97 Å². The minimum Gasteiger partial charge on any atom is -0.507 e. The van der Waals surface area contributed by atoms with Gasteiger partial charge in [0.25, 0.3) is 0 Å². The van der Waals surface area contributed by atoms with Crippen molar-refractivity contribution in [1.29, 1.82) is 0 Å². The van der Waals surface area contributed by atoms with Crippen LogP contribution in [0, 0.1) is 11.8 Å². The minimum absolute atomic E-state index is 0.00115. The van der Waals surface area contributed by atoms with Crippen LogP contribution >= 0.6 is 23.2 Å². The summed E-state index contributed by atoms with van der Waals surface area (Å²) in [4.78, 5) is 22.6. The summed E-state index contributed by atoms with van der Waals surface area (Å²) in [5.74, 6) is -3.54. The number of phenols is 1. The molecular weight excluding hydrogens is 469 g/mol. The van der Waals surface area contributed by atoms with Gasteiger partial charge in [-0.1, -0.05) is 23.2 Å². The second-order valence-electron chi connectivity index (χ2n) is 7.27. The Hall–Kier alpha value is -2.49. The van der Waals surface area contributed by atoms with E-state index in [2.05, 4.69) is 5.32 Å². The highest BCUT2D eigenvalue weighted by molar-refractivity contribution is 7.91. The molecule has 3 rings (SSSR count). The Kier molecular flexibility index (Phi) is 6.68. The van der Waals surface area contributed by atoms with E-state index >= 15 is 0 Å². The van der Waals surface area contributed by atoms with Gasteiger partial charge in [0.05, 0.1) is 15.8 Å². The maximum Gasteiger partial charge on any atom is 0.315 e. The molecule has 166 valence electrons. The fourth-order valence-corrected chi connectivity index (χ4v) is 5.08. The summed E-state index contributed by atoms with van der Waals surface area (Å²) in [7, 11) is -3.69. The van der Waals surface area contributed by atoms with Gasteiger partial charge in [0.15, 0.2) is 15.6 Å². The Balaban J connectivity index is 1.83. The molecular formula is C20H19Cl2NO7S. The van der Waals surface area contributed by atoms with Gasteiger partial charge in [0.1, 0.15) is 22.3 Å². The lowest BCUT2D eigenvalue weighted by molar-refractivity contribution is -0.144. The zero-order valence-corrected chi connectivity index (χ0v) is 18.6. The third kappa shape index (κ3) is 5.61. The monoisotopic (exact) mass is 487 g/mol. The van der Waals surface area contributed by atoms with Crippen LogP contribution in [0.5, 0.6) is 17.2 Å². The molecule has 1 atom stereocenters. The van der Waals surface area contributed by atoms with Crippen molar-refractivity contribution in [3.8, 4) is 17.2 Å². The second-order valence-corrected chi connectivity index (χ2v) is 10.1. The number of benzene rings is 2. The summed E-state index contributed by atoms with van der Waals surface area (Å²) in [6.07, 6.45) is 1.69. The lowest BCUT2D eigenvalue weighted by Crippen LogP contribution is -2.26. The molecule has 8 nitrogen and oxygen atoms in total. The van der Waals surface area contributed by atoms with Crippen LogP contribution < -0.4 is 10.1 Å². The Morgan fingerprint density at radius 3 is 2.35 bits per heavy atom. The number of ether oxygens (including phenoxy) is 1. The first kappa shape index (κ1) is 23.2. The van der Waals surface area contributed by atoms with Crippen molar-refractivity contribution in [2.45, 2.75) is 24.7 Å². The molecule has 1 aliphatic carbocycles. The average molecular weight is 488 g/mol. The molecule has 0 aromatic heterocycles. The van der Waals surface area contributed by atoms with Crippen LogP contribution in [0.2, 0.25) is 10.0 Å². The average Bonchev–Trinajstić information content (AvgIpc) is 3.48. The molecule has 11 heteroatoms. The van der Waals surface area contributed by atoms with Crippen LogP contribution in [0.25, 0.3) is 0 Å². The van der Waals surface area contributed by atoms with E-state index in [-0.39, 0.29) is 49.5 Å². The number of aliphatic carboxylic acids is 1. The van der Waals surface area contributed by atoms with Crippen molar-refractivity contribution in [2.24, 2.45) is 11.8 Å². The maximum atomic E-state index is 12.5. The smallest absolute Gasteiger partial charge is 0.315 e. The normalized spacial score (nSPS) is 14.7. The Labute approximate surface area is 188 Å². The maximum absolute atomic E-state index is 12.5. The standard InChI is InChI=1S/C20H19Cl2NO7S/c1-10(20(26)27)19(25)23-12-6-14(21)18(15(22)7-12)30-13-4-5-16(24)17(8-13)31(28,29)9-11-2-3-11/h4-8,10-11,24H,2-3,9H2,1H3,(H,23,25)(H,26,27). The largest absolute Gasteiger partial charge is 0.507 e. The van der Waals surface area contributed by atoms with Gasteiger partial charge in [-0.2, -0.15) is 0 Å². The van der Waals surface area contributed by atoms with E-state index in [0.717, 1.165) is 12.8 Å². The first-order chi connectivity index (χ1) is 14.5. The molecule has 2 aromatic rings. The van der Waals surface area contributed by atoms with Gasteiger partial charge in [-0.3, -0.25) is 9.59 Å². The molecule has 1 amide bonds. The first-order valence-corrected chi connectivity index (χ1v) is 11.6. The number of nitrogens with one attached hydrogen (secondary N) is 1. The van der Waals surface area contributed by atoms with Crippen molar-refractivity contribution >= 4 is 50.6 Å². The molecule has 1 aliphatic rings. The summed E-state index contributed by atoms with van der Waals surface area (Å²) < 4.78 is 30.7. The number of carbonyl (C=O) groups is 2. The number of aromatic hydroxyl groups is 1. The fourth-order valence-electron chi connectivity index (χ4n) is 2.70. The van der Waals surface area contributed by atoms with E-state index in [1.165, 1.54) is 37.3 Å². The third-order valence-corrected chi connectivity index (χ3v) is 7.14. The van der Waals surface area contributed by atoms with Crippen LogP contribution in [0.1, 0.15) is 19.8 Å². The van der Waals surface area contributed by atoms with Crippen molar-refractivity contribution in [3.63, 3.8) is 0 Å². The molecule has 2 aromatic carbocycles. The molecule has 0 saturated heterocycles. The molecule has 3 N–H and O–H groups in total. The molecule has 1 unspecified atom stereocenters. The fraction of sp³-hybridized carbons (Fsp3) is 0.300. The van der Waals surface area contributed by atoms with E-state index in [1.807, 2.05) is 0 Å². The lowest BCUT2D eigenvalue weighted by Gasteiger charge is -2.14. The predicted octanol–water partition coefficient (Wildman–Crippen LogP) is 4.33. The van der Waals surface area contributed by atoms with Gasteiger partial charge in [-0.25, -0.2) is 8.42 Å². The number of phenolic OH excluding ortho intramolecular Hbond substituents is 1. The first-order valence-electron chi connectivity index (χ1n) is 9.24. The summed E-state index contributed by atoms with van der Waals surface area (Å²) in [5.41, 5.74) is 0.166. The lowest BCUT2D eigenvalue weighted by atomic mass is 10.1. The van der Waals surface area contributed by atoms with Crippen molar-refractivity contribution < 1.29 is 33.0 Å². The SMILES string of the molecule is CC(C(=O)O)C(=O)Nc1cc(Cl)c(Oc2ccc(O)c(S(=O)(=O)CC3CC3)c2)c(Cl)c1. The van der Waals surface area contributed by atoms with Gasteiger partial charge in [-0.05, 0) is 49.9 Å². The Morgan fingerprint density at radius 1 is 1.19 bits per heavy atom. The Bertz CT molecular complexity index is 1120.